The van der Waals surface area contributed by atoms with Crippen molar-refractivity contribution in [1.82, 2.24) is 15.3 Å². The predicted molar refractivity (Wildman–Crippen MR) is 76.9 cm³/mol. The standard InChI is InChI=1S/C14H26N4/c1-10(2)7-11(3)18(6)14-16-9-13(8-15-5)12(4)17-14/h9-11,15H,7-8H2,1-6H3. The third-order valence-electron chi connectivity index (χ3n) is 3.22. The molecule has 1 N–H and O–H groups in total. The van der Waals surface area contributed by atoms with Gasteiger partial charge in [-0.25, -0.2) is 9.97 Å². The average Bonchev–Trinajstić information content (AvgIpc) is 2.30. The van der Waals surface area contributed by atoms with Gasteiger partial charge in [0, 0.05) is 37.1 Å². The third kappa shape index (κ3) is 3.95. The topological polar surface area (TPSA) is 41.1 Å². The Hall–Kier alpha value is -1.16. The van der Waals surface area contributed by atoms with Crippen molar-refractivity contribution in [3.8, 4) is 0 Å². The largest absolute Gasteiger partial charge is 0.341 e. The molecule has 0 aliphatic rings. The molecule has 0 bridgehead atoms. The van der Waals surface area contributed by atoms with E-state index in [1.54, 1.807) is 0 Å². The third-order valence-corrected chi connectivity index (χ3v) is 3.22. The number of aryl methyl sites for hydroxylation is 1. The second-order valence-electron chi connectivity index (χ2n) is 5.40. The van der Waals surface area contributed by atoms with Crippen molar-refractivity contribution < 1.29 is 0 Å². The summed E-state index contributed by atoms with van der Waals surface area (Å²) in [4.78, 5) is 11.2. The predicted octanol–water partition coefficient (Wildman–Crippen LogP) is 2.38. The Bertz CT molecular complexity index is 376. The Morgan fingerprint density at radius 2 is 2.00 bits per heavy atom. The second-order valence-corrected chi connectivity index (χ2v) is 5.40. The SMILES string of the molecule is CNCc1cnc(N(C)C(C)CC(C)C)nc1C. The van der Waals surface area contributed by atoms with Gasteiger partial charge in [-0.2, -0.15) is 0 Å². The Morgan fingerprint density at radius 1 is 1.33 bits per heavy atom. The molecule has 1 aromatic heterocycles. The lowest BCUT2D eigenvalue weighted by molar-refractivity contribution is 0.499. The number of anilines is 1. The second kappa shape index (κ2) is 6.69. The highest BCUT2D eigenvalue weighted by molar-refractivity contribution is 5.33. The molecule has 1 aromatic rings. The fraction of sp³-hybridized carbons (Fsp3) is 0.714. The van der Waals surface area contributed by atoms with Crippen LogP contribution in [0.25, 0.3) is 0 Å². The molecular weight excluding hydrogens is 224 g/mol. The quantitative estimate of drug-likeness (QED) is 0.841. The van der Waals surface area contributed by atoms with Crippen LogP contribution in [0.2, 0.25) is 0 Å². The lowest BCUT2D eigenvalue weighted by Crippen LogP contribution is -2.31. The van der Waals surface area contributed by atoms with Gasteiger partial charge in [0.25, 0.3) is 0 Å². The molecule has 0 amide bonds. The zero-order valence-electron chi connectivity index (χ0n) is 12.5. The Morgan fingerprint density at radius 3 is 2.50 bits per heavy atom. The van der Waals surface area contributed by atoms with E-state index in [0.29, 0.717) is 12.0 Å². The average molecular weight is 250 g/mol. The Kier molecular flexibility index (Phi) is 5.54. The summed E-state index contributed by atoms with van der Waals surface area (Å²) in [5.74, 6) is 1.51. The van der Waals surface area contributed by atoms with Gasteiger partial charge in [0.1, 0.15) is 0 Å². The van der Waals surface area contributed by atoms with Crippen molar-refractivity contribution in [2.24, 2.45) is 5.92 Å². The zero-order valence-corrected chi connectivity index (χ0v) is 12.5. The smallest absolute Gasteiger partial charge is 0.225 e. The van der Waals surface area contributed by atoms with Crippen LogP contribution < -0.4 is 10.2 Å². The van der Waals surface area contributed by atoms with Gasteiger partial charge in [0.05, 0.1) is 0 Å². The fourth-order valence-electron chi connectivity index (χ4n) is 2.05. The van der Waals surface area contributed by atoms with Crippen LogP contribution >= 0.6 is 0 Å². The van der Waals surface area contributed by atoms with E-state index in [2.05, 4.69) is 48.0 Å². The molecule has 0 saturated heterocycles. The zero-order chi connectivity index (χ0) is 13.7. The summed E-state index contributed by atoms with van der Waals surface area (Å²) in [6.45, 7) is 9.56. The van der Waals surface area contributed by atoms with Gasteiger partial charge in [-0.1, -0.05) is 13.8 Å². The van der Waals surface area contributed by atoms with E-state index in [-0.39, 0.29) is 0 Å². The van der Waals surface area contributed by atoms with Crippen LogP contribution in [-0.2, 0) is 6.54 Å². The van der Waals surface area contributed by atoms with Crippen molar-refractivity contribution >= 4 is 5.95 Å². The van der Waals surface area contributed by atoms with Gasteiger partial charge in [0.2, 0.25) is 5.95 Å². The first-order valence-electron chi connectivity index (χ1n) is 6.65. The number of hydrogen-bond acceptors (Lipinski definition) is 4. The maximum Gasteiger partial charge on any atom is 0.225 e. The van der Waals surface area contributed by atoms with Crippen LogP contribution in [0, 0.1) is 12.8 Å². The summed E-state index contributed by atoms with van der Waals surface area (Å²) in [5.41, 5.74) is 2.21. The molecule has 0 aliphatic carbocycles. The molecule has 18 heavy (non-hydrogen) atoms. The molecule has 1 unspecified atom stereocenters. The summed E-state index contributed by atoms with van der Waals surface area (Å²) in [6.07, 6.45) is 3.07. The van der Waals surface area contributed by atoms with Crippen molar-refractivity contribution in [3.63, 3.8) is 0 Å². The number of rotatable bonds is 6. The monoisotopic (exact) mass is 250 g/mol. The highest BCUT2D eigenvalue weighted by Gasteiger charge is 2.14. The van der Waals surface area contributed by atoms with Gasteiger partial charge in [-0.15, -0.1) is 0 Å². The number of hydrogen-bond donors (Lipinski definition) is 1. The molecule has 0 saturated carbocycles. The molecule has 4 heteroatoms. The summed E-state index contributed by atoms with van der Waals surface area (Å²) >= 11 is 0. The van der Waals surface area contributed by atoms with Crippen molar-refractivity contribution in [3.05, 3.63) is 17.5 Å². The normalized spacial score (nSPS) is 12.8. The van der Waals surface area contributed by atoms with Crippen LogP contribution in [0.15, 0.2) is 6.20 Å². The van der Waals surface area contributed by atoms with E-state index in [1.165, 1.54) is 0 Å². The van der Waals surface area contributed by atoms with Gasteiger partial charge >= 0.3 is 0 Å². The molecule has 0 aliphatic heterocycles. The summed E-state index contributed by atoms with van der Waals surface area (Å²) in [7, 11) is 4.00. The first-order chi connectivity index (χ1) is 8.45. The molecule has 0 aromatic carbocycles. The molecular formula is C14H26N4. The number of nitrogens with zero attached hydrogens (tertiary/aromatic N) is 3. The molecule has 0 fully saturated rings. The highest BCUT2D eigenvalue weighted by atomic mass is 15.2. The van der Waals surface area contributed by atoms with E-state index in [4.69, 9.17) is 0 Å². The number of aromatic nitrogens is 2. The van der Waals surface area contributed by atoms with E-state index in [9.17, 15) is 0 Å². The molecule has 1 atom stereocenters. The van der Waals surface area contributed by atoms with Gasteiger partial charge < -0.3 is 10.2 Å². The number of nitrogens with one attached hydrogen (secondary N) is 1. The van der Waals surface area contributed by atoms with E-state index in [0.717, 1.165) is 30.2 Å². The maximum atomic E-state index is 4.59. The first kappa shape index (κ1) is 14.9. The molecule has 1 heterocycles. The molecule has 102 valence electrons. The molecule has 0 radical (unpaired) electrons. The minimum Gasteiger partial charge on any atom is -0.341 e. The Balaban J connectivity index is 2.80. The lowest BCUT2D eigenvalue weighted by Gasteiger charge is -2.26. The van der Waals surface area contributed by atoms with Crippen LogP contribution in [0.5, 0.6) is 0 Å². The summed E-state index contributed by atoms with van der Waals surface area (Å²) in [6, 6.07) is 0.458. The van der Waals surface area contributed by atoms with E-state index >= 15 is 0 Å². The van der Waals surface area contributed by atoms with Crippen LogP contribution in [0.1, 0.15) is 38.4 Å². The van der Waals surface area contributed by atoms with E-state index in [1.807, 2.05) is 20.2 Å². The van der Waals surface area contributed by atoms with E-state index < -0.39 is 0 Å². The van der Waals surface area contributed by atoms with Gasteiger partial charge in [-0.3, -0.25) is 0 Å². The highest BCUT2D eigenvalue weighted by Crippen LogP contribution is 2.16. The fourth-order valence-corrected chi connectivity index (χ4v) is 2.05. The maximum absolute atomic E-state index is 4.59. The first-order valence-corrected chi connectivity index (χ1v) is 6.65. The van der Waals surface area contributed by atoms with Crippen LogP contribution in [-0.4, -0.2) is 30.1 Å². The summed E-state index contributed by atoms with van der Waals surface area (Å²) in [5, 5.41) is 3.13. The minimum atomic E-state index is 0.458. The summed E-state index contributed by atoms with van der Waals surface area (Å²) < 4.78 is 0. The Labute approximate surface area is 111 Å². The molecule has 4 nitrogen and oxygen atoms in total. The lowest BCUT2D eigenvalue weighted by atomic mass is 10.0. The van der Waals surface area contributed by atoms with Gasteiger partial charge in [0.15, 0.2) is 0 Å². The van der Waals surface area contributed by atoms with Crippen LogP contribution in [0.4, 0.5) is 5.95 Å². The van der Waals surface area contributed by atoms with Crippen molar-refractivity contribution in [2.45, 2.75) is 46.7 Å². The minimum absolute atomic E-state index is 0.458. The molecule has 0 spiro atoms. The van der Waals surface area contributed by atoms with Crippen molar-refractivity contribution in [1.29, 1.82) is 0 Å². The van der Waals surface area contributed by atoms with Gasteiger partial charge in [-0.05, 0) is 33.2 Å². The molecule has 1 rings (SSSR count). The van der Waals surface area contributed by atoms with Crippen LogP contribution in [0.3, 0.4) is 0 Å². The van der Waals surface area contributed by atoms with Crippen molar-refractivity contribution in [2.75, 3.05) is 19.0 Å².